The molecule has 0 fully saturated rings. The number of nitrogens with one attached hydrogen (secondary N) is 1. The molecule has 1 unspecified atom stereocenters. The zero-order valence-electron chi connectivity index (χ0n) is 10.0. The van der Waals surface area contributed by atoms with Gasteiger partial charge in [-0.2, -0.15) is 11.3 Å². The van der Waals surface area contributed by atoms with Crippen LogP contribution in [-0.2, 0) is 0 Å². The number of hydrogen-bond donors (Lipinski definition) is 1. The Morgan fingerprint density at radius 1 is 1.35 bits per heavy atom. The molecule has 0 saturated carbocycles. The fraction of sp³-hybridized carbons (Fsp3) is 0.286. The second-order valence-corrected chi connectivity index (χ2v) is 5.64. The van der Waals surface area contributed by atoms with Gasteiger partial charge in [-0.25, -0.2) is 0 Å². The van der Waals surface area contributed by atoms with Gasteiger partial charge in [-0.1, -0.05) is 35.0 Å². The summed E-state index contributed by atoms with van der Waals surface area (Å²) in [6.07, 6.45) is 0. The summed E-state index contributed by atoms with van der Waals surface area (Å²) >= 11 is 5.35. The fourth-order valence-corrected chi connectivity index (χ4v) is 3.06. The molecule has 1 heterocycles. The molecule has 0 spiro atoms. The van der Waals surface area contributed by atoms with Crippen LogP contribution in [-0.4, -0.2) is 6.54 Å². The fourth-order valence-electron chi connectivity index (χ4n) is 1.99. The van der Waals surface area contributed by atoms with Crippen LogP contribution in [0.3, 0.4) is 0 Å². The van der Waals surface area contributed by atoms with E-state index >= 15 is 0 Å². The molecule has 1 nitrogen and oxygen atoms in total. The van der Waals surface area contributed by atoms with Crippen LogP contribution in [0, 0.1) is 6.92 Å². The van der Waals surface area contributed by atoms with Crippen molar-refractivity contribution in [1.29, 1.82) is 0 Å². The third kappa shape index (κ3) is 2.79. The number of thiophene rings is 1. The molecule has 0 aliphatic heterocycles. The van der Waals surface area contributed by atoms with Crippen molar-refractivity contribution in [3.63, 3.8) is 0 Å². The first-order valence-corrected chi connectivity index (χ1v) is 7.48. The zero-order chi connectivity index (χ0) is 12.3. The predicted octanol–water partition coefficient (Wildman–Crippen LogP) is 4.52. The topological polar surface area (TPSA) is 12.0 Å². The monoisotopic (exact) mass is 309 g/mol. The van der Waals surface area contributed by atoms with E-state index < -0.39 is 0 Å². The van der Waals surface area contributed by atoms with Crippen molar-refractivity contribution in [2.24, 2.45) is 0 Å². The van der Waals surface area contributed by atoms with Gasteiger partial charge < -0.3 is 5.32 Å². The van der Waals surface area contributed by atoms with Gasteiger partial charge in [0.1, 0.15) is 0 Å². The molecule has 0 aliphatic carbocycles. The van der Waals surface area contributed by atoms with Crippen molar-refractivity contribution in [3.05, 3.63) is 56.2 Å². The van der Waals surface area contributed by atoms with Gasteiger partial charge in [0.05, 0.1) is 6.04 Å². The Bertz CT molecular complexity index is 479. The van der Waals surface area contributed by atoms with Gasteiger partial charge in [-0.15, -0.1) is 0 Å². The Kier molecular flexibility index (Phi) is 4.37. The third-order valence-corrected chi connectivity index (χ3v) is 4.47. The van der Waals surface area contributed by atoms with Crippen molar-refractivity contribution < 1.29 is 0 Å². The first kappa shape index (κ1) is 12.8. The van der Waals surface area contributed by atoms with Crippen molar-refractivity contribution in [2.75, 3.05) is 6.54 Å². The molecule has 1 aromatic heterocycles. The summed E-state index contributed by atoms with van der Waals surface area (Å²) in [6.45, 7) is 5.27. The standard InChI is InChI=1S/C14H16BrNS/c1-3-16-14(11-7-8-17-9-11)12-5-4-6-13(15)10(12)2/h4-9,14,16H,3H2,1-2H3. The van der Waals surface area contributed by atoms with E-state index in [1.807, 2.05) is 0 Å². The highest BCUT2D eigenvalue weighted by atomic mass is 79.9. The molecule has 3 heteroatoms. The van der Waals surface area contributed by atoms with E-state index in [4.69, 9.17) is 0 Å². The number of rotatable bonds is 4. The van der Waals surface area contributed by atoms with Crippen LogP contribution in [0.5, 0.6) is 0 Å². The summed E-state index contributed by atoms with van der Waals surface area (Å²) in [5.74, 6) is 0. The van der Waals surface area contributed by atoms with Crippen LogP contribution in [0.1, 0.15) is 29.7 Å². The van der Waals surface area contributed by atoms with Gasteiger partial charge >= 0.3 is 0 Å². The van der Waals surface area contributed by atoms with E-state index in [1.165, 1.54) is 21.2 Å². The molecule has 90 valence electrons. The number of benzene rings is 1. The predicted molar refractivity (Wildman–Crippen MR) is 78.7 cm³/mol. The molecule has 0 amide bonds. The normalized spacial score (nSPS) is 12.6. The second-order valence-electron chi connectivity index (χ2n) is 4.00. The maximum atomic E-state index is 3.60. The lowest BCUT2D eigenvalue weighted by Crippen LogP contribution is -2.22. The van der Waals surface area contributed by atoms with Gasteiger partial charge in [-0.05, 0) is 53.1 Å². The first-order valence-electron chi connectivity index (χ1n) is 5.74. The molecule has 2 rings (SSSR count). The van der Waals surface area contributed by atoms with Gasteiger partial charge in [0.15, 0.2) is 0 Å². The highest BCUT2D eigenvalue weighted by Gasteiger charge is 2.16. The van der Waals surface area contributed by atoms with E-state index in [-0.39, 0.29) is 0 Å². The van der Waals surface area contributed by atoms with E-state index in [9.17, 15) is 0 Å². The van der Waals surface area contributed by atoms with Crippen molar-refractivity contribution >= 4 is 27.3 Å². The lowest BCUT2D eigenvalue weighted by molar-refractivity contribution is 0.629. The summed E-state index contributed by atoms with van der Waals surface area (Å²) in [5, 5.41) is 7.90. The average molecular weight is 310 g/mol. The maximum absolute atomic E-state index is 3.60. The number of hydrogen-bond acceptors (Lipinski definition) is 2. The summed E-state index contributed by atoms with van der Waals surface area (Å²) in [5.41, 5.74) is 4.00. The molecule has 0 aliphatic rings. The Hall–Kier alpha value is -0.640. The van der Waals surface area contributed by atoms with Crippen molar-refractivity contribution in [1.82, 2.24) is 5.32 Å². The Balaban J connectivity index is 2.43. The van der Waals surface area contributed by atoms with Crippen LogP contribution in [0.25, 0.3) is 0 Å². The second kappa shape index (κ2) is 5.80. The van der Waals surface area contributed by atoms with Crippen LogP contribution in [0.2, 0.25) is 0 Å². The van der Waals surface area contributed by atoms with Crippen LogP contribution in [0.4, 0.5) is 0 Å². The van der Waals surface area contributed by atoms with Crippen LogP contribution < -0.4 is 5.32 Å². The molecule has 0 radical (unpaired) electrons. The van der Waals surface area contributed by atoms with E-state index in [2.05, 4.69) is 70.1 Å². The van der Waals surface area contributed by atoms with Gasteiger partial charge in [0, 0.05) is 4.47 Å². The minimum absolute atomic E-state index is 0.295. The van der Waals surface area contributed by atoms with E-state index in [0.717, 1.165) is 6.54 Å². The average Bonchev–Trinajstić information content (AvgIpc) is 2.84. The number of halogens is 1. The molecule has 2 aromatic rings. The van der Waals surface area contributed by atoms with E-state index in [1.54, 1.807) is 11.3 Å². The third-order valence-electron chi connectivity index (χ3n) is 2.91. The minimum Gasteiger partial charge on any atom is -0.306 e. The Labute approximate surface area is 115 Å². The Morgan fingerprint density at radius 3 is 2.82 bits per heavy atom. The highest BCUT2D eigenvalue weighted by molar-refractivity contribution is 9.10. The zero-order valence-corrected chi connectivity index (χ0v) is 12.4. The quantitative estimate of drug-likeness (QED) is 0.875. The maximum Gasteiger partial charge on any atom is 0.0587 e. The van der Waals surface area contributed by atoms with Crippen LogP contribution in [0.15, 0.2) is 39.5 Å². The van der Waals surface area contributed by atoms with Crippen molar-refractivity contribution in [2.45, 2.75) is 19.9 Å². The molecule has 1 aromatic carbocycles. The highest BCUT2D eigenvalue weighted by Crippen LogP contribution is 2.29. The smallest absolute Gasteiger partial charge is 0.0587 e. The molecule has 0 saturated heterocycles. The SMILES string of the molecule is CCNC(c1ccsc1)c1cccc(Br)c1C. The molecule has 1 N–H and O–H groups in total. The summed E-state index contributed by atoms with van der Waals surface area (Å²) < 4.78 is 1.17. The molecular formula is C14H16BrNS. The molecule has 17 heavy (non-hydrogen) atoms. The van der Waals surface area contributed by atoms with E-state index in [0.29, 0.717) is 6.04 Å². The largest absolute Gasteiger partial charge is 0.306 e. The molecular weight excluding hydrogens is 294 g/mol. The molecule has 1 atom stereocenters. The summed E-state index contributed by atoms with van der Waals surface area (Å²) in [7, 11) is 0. The van der Waals surface area contributed by atoms with Crippen LogP contribution >= 0.6 is 27.3 Å². The van der Waals surface area contributed by atoms with Gasteiger partial charge in [0.2, 0.25) is 0 Å². The summed E-state index contributed by atoms with van der Waals surface area (Å²) in [6, 6.07) is 8.88. The van der Waals surface area contributed by atoms with Gasteiger partial charge in [0.25, 0.3) is 0 Å². The lowest BCUT2D eigenvalue weighted by atomic mass is 9.97. The lowest BCUT2D eigenvalue weighted by Gasteiger charge is -2.20. The summed E-state index contributed by atoms with van der Waals surface area (Å²) in [4.78, 5) is 0. The Morgan fingerprint density at radius 2 is 2.18 bits per heavy atom. The van der Waals surface area contributed by atoms with Crippen molar-refractivity contribution in [3.8, 4) is 0 Å². The molecule has 0 bridgehead atoms. The van der Waals surface area contributed by atoms with Gasteiger partial charge in [-0.3, -0.25) is 0 Å². The minimum atomic E-state index is 0.295. The first-order chi connectivity index (χ1) is 8.24.